The summed E-state index contributed by atoms with van der Waals surface area (Å²) < 4.78 is 33.5. The van der Waals surface area contributed by atoms with Crippen LogP contribution >= 0.6 is 7.82 Å². The Hall–Kier alpha value is -1.28. The van der Waals surface area contributed by atoms with Gasteiger partial charge in [0.2, 0.25) is 0 Å². The number of phosphoric acid groups is 1. The van der Waals surface area contributed by atoms with Crippen LogP contribution in [0.1, 0.15) is 232 Å². The van der Waals surface area contributed by atoms with Crippen molar-refractivity contribution in [3.05, 3.63) is 36.5 Å². The van der Waals surface area contributed by atoms with Crippen molar-refractivity contribution in [3.8, 4) is 0 Å². The van der Waals surface area contributed by atoms with Crippen molar-refractivity contribution in [1.82, 2.24) is 0 Å². The lowest BCUT2D eigenvalue weighted by molar-refractivity contribution is -0.154. The molecule has 0 aromatic carbocycles. The number of nitrogens with two attached hydrogens (primary N) is 1. The molecule has 0 saturated carbocycles. The van der Waals surface area contributed by atoms with Gasteiger partial charge in [-0.3, -0.25) is 13.8 Å². The quantitative estimate of drug-likeness (QED) is 0.0269. The summed E-state index contributed by atoms with van der Waals surface area (Å²) in [7, 11) is -4.28. The van der Waals surface area contributed by atoms with Gasteiger partial charge in [0, 0.05) is 19.6 Å². The molecule has 342 valence electrons. The molecule has 0 bridgehead atoms. The number of phosphoric ester groups is 1. The molecule has 3 N–H and O–H groups in total. The lowest BCUT2D eigenvalue weighted by Crippen LogP contribution is -2.28. The predicted molar refractivity (Wildman–Crippen MR) is 247 cm³/mol. The van der Waals surface area contributed by atoms with Gasteiger partial charge in [-0.2, -0.15) is 0 Å². The van der Waals surface area contributed by atoms with Crippen LogP contribution in [0.2, 0.25) is 0 Å². The summed E-state index contributed by atoms with van der Waals surface area (Å²) in [4.78, 5) is 22.6. The fraction of sp³-hybridized carbons (Fsp3) is 0.857. The molecule has 0 aromatic rings. The number of rotatable bonds is 47. The molecule has 0 spiro atoms. The Balaban J connectivity index is 3.96. The highest BCUT2D eigenvalue weighted by atomic mass is 31.2. The van der Waals surface area contributed by atoms with Gasteiger partial charge in [-0.1, -0.05) is 192 Å². The van der Waals surface area contributed by atoms with Gasteiger partial charge in [0.25, 0.3) is 0 Å². The number of hydrogen-bond donors (Lipinski definition) is 2. The number of unbranched alkanes of at least 4 members (excludes halogenated alkanes) is 28. The van der Waals surface area contributed by atoms with Crippen molar-refractivity contribution in [3.63, 3.8) is 0 Å². The Morgan fingerprint density at radius 3 is 1.40 bits per heavy atom. The fourth-order valence-corrected chi connectivity index (χ4v) is 7.67. The highest BCUT2D eigenvalue weighted by Gasteiger charge is 2.25. The third kappa shape index (κ3) is 45.8. The second kappa shape index (κ2) is 46.8. The number of carbonyl (C=O) groups excluding carboxylic acids is 1. The van der Waals surface area contributed by atoms with E-state index in [0.717, 1.165) is 38.5 Å². The number of hydrogen-bond acceptors (Lipinski definition) is 7. The second-order valence-corrected chi connectivity index (χ2v) is 17.8. The van der Waals surface area contributed by atoms with Crippen molar-refractivity contribution in [2.24, 2.45) is 5.73 Å². The molecular formula is C49H94NO7P. The standard InChI is InChI=1S/C49H94NO7P/c1-3-5-7-9-11-13-15-17-19-21-23-25-27-29-31-33-35-37-39-41-44-54-46-48(47-56-58(52,53)55-45-43-50)57-49(51)42-40-38-36-34-32-30-28-26-24-22-20-18-16-14-12-10-8-6-4-2/h12,14,17-20,48H,3-11,13,15-16,21-47,50H2,1-2H3,(H,52,53)/b14-12-,19-17-,20-18-. The van der Waals surface area contributed by atoms with E-state index in [1.807, 2.05) is 0 Å². The topological polar surface area (TPSA) is 117 Å². The molecule has 2 unspecified atom stereocenters. The first-order valence-electron chi connectivity index (χ1n) is 24.5. The first-order chi connectivity index (χ1) is 28.4. The van der Waals surface area contributed by atoms with Crippen molar-refractivity contribution in [1.29, 1.82) is 0 Å². The molecule has 0 heterocycles. The summed E-state index contributed by atoms with van der Waals surface area (Å²) in [6, 6.07) is 0. The Morgan fingerprint density at radius 1 is 0.517 bits per heavy atom. The summed E-state index contributed by atoms with van der Waals surface area (Å²) >= 11 is 0. The average Bonchev–Trinajstić information content (AvgIpc) is 3.21. The maximum atomic E-state index is 12.6. The zero-order chi connectivity index (χ0) is 42.3. The van der Waals surface area contributed by atoms with E-state index in [4.69, 9.17) is 24.3 Å². The number of carbonyl (C=O) groups is 1. The number of allylic oxidation sites excluding steroid dienone is 6. The molecule has 0 aliphatic heterocycles. The minimum absolute atomic E-state index is 0.0961. The Bertz CT molecular complexity index is 988. The number of esters is 1. The van der Waals surface area contributed by atoms with Crippen LogP contribution in [0.4, 0.5) is 0 Å². The zero-order valence-electron chi connectivity index (χ0n) is 38.0. The van der Waals surface area contributed by atoms with Gasteiger partial charge >= 0.3 is 13.8 Å². The molecule has 0 aliphatic rings. The normalized spacial score (nSPS) is 13.7. The van der Waals surface area contributed by atoms with Crippen LogP contribution in [0.15, 0.2) is 36.5 Å². The van der Waals surface area contributed by atoms with E-state index >= 15 is 0 Å². The first-order valence-corrected chi connectivity index (χ1v) is 26.0. The smallest absolute Gasteiger partial charge is 0.457 e. The third-order valence-electron chi connectivity index (χ3n) is 10.5. The summed E-state index contributed by atoms with van der Waals surface area (Å²) in [5, 5.41) is 0. The van der Waals surface area contributed by atoms with Crippen molar-refractivity contribution < 1.29 is 32.8 Å². The maximum absolute atomic E-state index is 12.6. The van der Waals surface area contributed by atoms with Crippen molar-refractivity contribution >= 4 is 13.8 Å². The Morgan fingerprint density at radius 2 is 0.914 bits per heavy atom. The Labute approximate surface area is 358 Å². The van der Waals surface area contributed by atoms with Gasteiger partial charge in [0.05, 0.1) is 19.8 Å². The summed E-state index contributed by atoms with van der Waals surface area (Å²) in [5.41, 5.74) is 5.38. The molecule has 2 atom stereocenters. The monoisotopic (exact) mass is 840 g/mol. The van der Waals surface area contributed by atoms with Gasteiger partial charge in [-0.15, -0.1) is 0 Å². The summed E-state index contributed by atoms with van der Waals surface area (Å²) in [6.07, 6.45) is 54.5. The maximum Gasteiger partial charge on any atom is 0.472 e. The molecule has 0 aromatic heterocycles. The summed E-state index contributed by atoms with van der Waals surface area (Å²) in [6.45, 7) is 4.92. The molecule has 9 heteroatoms. The molecule has 0 saturated heterocycles. The van der Waals surface area contributed by atoms with E-state index in [2.05, 4.69) is 50.3 Å². The zero-order valence-corrected chi connectivity index (χ0v) is 38.9. The van der Waals surface area contributed by atoms with Crippen LogP contribution in [0, 0.1) is 0 Å². The Kier molecular flexibility index (Phi) is 45.7. The average molecular weight is 840 g/mol. The van der Waals surface area contributed by atoms with Gasteiger partial charge in [0.15, 0.2) is 0 Å². The van der Waals surface area contributed by atoms with Crippen molar-refractivity contribution in [2.75, 3.05) is 33.0 Å². The molecule has 8 nitrogen and oxygen atoms in total. The fourth-order valence-electron chi connectivity index (χ4n) is 6.91. The van der Waals surface area contributed by atoms with Crippen LogP contribution < -0.4 is 5.73 Å². The minimum atomic E-state index is -4.28. The molecule has 0 rings (SSSR count). The lowest BCUT2D eigenvalue weighted by Gasteiger charge is -2.20. The van der Waals surface area contributed by atoms with E-state index in [9.17, 15) is 14.3 Å². The van der Waals surface area contributed by atoms with Gasteiger partial charge in [0.1, 0.15) is 6.10 Å². The van der Waals surface area contributed by atoms with Gasteiger partial charge < -0.3 is 20.1 Å². The van der Waals surface area contributed by atoms with E-state index < -0.39 is 13.9 Å². The van der Waals surface area contributed by atoms with E-state index in [1.165, 1.54) is 173 Å². The highest BCUT2D eigenvalue weighted by Crippen LogP contribution is 2.43. The molecule has 0 fully saturated rings. The van der Waals surface area contributed by atoms with Crippen LogP contribution in [-0.4, -0.2) is 49.9 Å². The first kappa shape index (κ1) is 56.7. The highest BCUT2D eigenvalue weighted by molar-refractivity contribution is 7.47. The largest absolute Gasteiger partial charge is 0.472 e. The lowest BCUT2D eigenvalue weighted by atomic mass is 10.1. The third-order valence-corrected chi connectivity index (χ3v) is 11.5. The summed E-state index contributed by atoms with van der Waals surface area (Å²) in [5.74, 6) is -0.333. The van der Waals surface area contributed by atoms with E-state index in [-0.39, 0.29) is 32.3 Å². The molecule has 0 amide bonds. The SMILES string of the molecule is CCCCC/C=C\C/C=C\CCCCCCCCCCCC(=O)OC(COCCCCCCCCCCCC/C=C\CCCCCCCC)COP(=O)(O)OCCN. The molecule has 0 radical (unpaired) electrons. The van der Waals surface area contributed by atoms with Crippen LogP contribution in [-0.2, 0) is 27.9 Å². The van der Waals surface area contributed by atoms with Gasteiger partial charge in [-0.05, 0) is 70.6 Å². The van der Waals surface area contributed by atoms with Crippen molar-refractivity contribution in [2.45, 2.75) is 238 Å². The van der Waals surface area contributed by atoms with Crippen LogP contribution in [0.3, 0.4) is 0 Å². The molecule has 0 aliphatic carbocycles. The van der Waals surface area contributed by atoms with Crippen LogP contribution in [0.25, 0.3) is 0 Å². The molecular weight excluding hydrogens is 746 g/mol. The van der Waals surface area contributed by atoms with E-state index in [1.54, 1.807) is 0 Å². The van der Waals surface area contributed by atoms with Gasteiger partial charge in [-0.25, -0.2) is 4.57 Å². The van der Waals surface area contributed by atoms with Crippen LogP contribution in [0.5, 0.6) is 0 Å². The van der Waals surface area contributed by atoms with E-state index in [0.29, 0.717) is 13.0 Å². The molecule has 58 heavy (non-hydrogen) atoms. The minimum Gasteiger partial charge on any atom is -0.457 e. The second-order valence-electron chi connectivity index (χ2n) is 16.3. The number of ether oxygens (including phenoxy) is 2. The predicted octanol–water partition coefficient (Wildman–Crippen LogP) is 15.0.